The quantitative estimate of drug-likeness (QED) is 0.209. The van der Waals surface area contributed by atoms with Crippen molar-refractivity contribution >= 4 is 50.0 Å². The molecule has 11 heteroatoms. The number of hydrogen-bond donors (Lipinski definition) is 5. The minimum absolute atomic E-state index is 0.0470. The van der Waals surface area contributed by atoms with Gasteiger partial charge in [-0.25, -0.2) is 0 Å². The molecule has 0 amide bonds. The van der Waals surface area contributed by atoms with Crippen molar-refractivity contribution in [2.75, 3.05) is 12.4 Å². The molecule has 0 aliphatic heterocycles. The molecule has 0 unspecified atom stereocenters. The first-order valence-electron chi connectivity index (χ1n) is 12.6. The molecule has 1 aromatic carbocycles. The molecular weight excluding hydrogens is 596 g/mol. The molecule has 41 heavy (non-hydrogen) atoms. The number of aromatic hydroxyl groups is 1. The third kappa shape index (κ3) is 3.20. The Balaban J connectivity index is 1.78. The van der Waals surface area contributed by atoms with Gasteiger partial charge in [0.2, 0.25) is 16.3 Å². The molecule has 0 saturated heterocycles. The minimum Gasteiger partial charge on any atom is -0.510 e. The molecule has 1 atom stereocenters. The number of hydrogen-bond acceptors (Lipinski definition) is 9. The SMILES string of the molecule is C/C=C/C=C/c1cc2c(Br)c3c(c(O)c2c(=O)[nH]1)[C@@]1(CC3)C(O)=c2c(=O)c3c(=O)cc(NC)c(=O)c=3c(=O)c2=C1O. The number of fused-ring (bicyclic) bond motifs is 4. The second kappa shape index (κ2) is 8.87. The fourth-order valence-electron chi connectivity index (χ4n) is 6.23. The highest BCUT2D eigenvalue weighted by atomic mass is 79.9. The van der Waals surface area contributed by atoms with Gasteiger partial charge < -0.3 is 25.6 Å². The number of aliphatic hydroxyl groups is 2. The summed E-state index contributed by atoms with van der Waals surface area (Å²) in [6, 6.07) is 2.56. The van der Waals surface area contributed by atoms with Crippen LogP contribution in [0.2, 0.25) is 0 Å². The van der Waals surface area contributed by atoms with E-state index in [4.69, 9.17) is 0 Å². The number of pyridine rings is 1. The van der Waals surface area contributed by atoms with Gasteiger partial charge in [0.25, 0.3) is 5.56 Å². The second-order valence-electron chi connectivity index (χ2n) is 10.0. The van der Waals surface area contributed by atoms with E-state index < -0.39 is 70.8 Å². The molecule has 2 aromatic rings. The molecule has 206 valence electrons. The highest BCUT2D eigenvalue weighted by Crippen LogP contribution is 2.56. The zero-order valence-electron chi connectivity index (χ0n) is 21.6. The molecule has 0 radical (unpaired) electrons. The van der Waals surface area contributed by atoms with Crippen molar-refractivity contribution in [2.24, 2.45) is 0 Å². The van der Waals surface area contributed by atoms with Gasteiger partial charge in [-0.1, -0.05) is 18.2 Å². The summed E-state index contributed by atoms with van der Waals surface area (Å²) in [7, 11) is 1.37. The molecule has 1 spiro atoms. The smallest absolute Gasteiger partial charge is 0.260 e. The van der Waals surface area contributed by atoms with Gasteiger partial charge in [-0.2, -0.15) is 0 Å². The van der Waals surface area contributed by atoms with Crippen LogP contribution in [0.25, 0.3) is 28.4 Å². The fraction of sp³-hybridized carbons (Fsp3) is 0.167. The Labute approximate surface area is 237 Å². The number of aromatic amines is 1. The molecule has 1 aromatic heterocycles. The zero-order chi connectivity index (χ0) is 29.5. The van der Waals surface area contributed by atoms with Gasteiger partial charge >= 0.3 is 0 Å². The van der Waals surface area contributed by atoms with Crippen LogP contribution in [0.1, 0.15) is 30.2 Å². The van der Waals surface area contributed by atoms with Crippen molar-refractivity contribution in [1.82, 2.24) is 4.98 Å². The van der Waals surface area contributed by atoms with Crippen molar-refractivity contribution in [3.8, 4) is 5.75 Å². The lowest BCUT2D eigenvalue weighted by molar-refractivity contribution is 0.362. The second-order valence-corrected chi connectivity index (χ2v) is 10.8. The summed E-state index contributed by atoms with van der Waals surface area (Å²) in [4.78, 5) is 68.9. The summed E-state index contributed by atoms with van der Waals surface area (Å²) in [5, 5.41) is 34.9. The van der Waals surface area contributed by atoms with E-state index in [9.17, 15) is 39.3 Å². The molecule has 10 nitrogen and oxygen atoms in total. The number of aliphatic hydroxyl groups excluding tert-OH is 2. The lowest BCUT2D eigenvalue weighted by Gasteiger charge is -2.27. The molecule has 0 bridgehead atoms. The third-order valence-electron chi connectivity index (χ3n) is 8.04. The fourth-order valence-corrected chi connectivity index (χ4v) is 6.94. The predicted molar refractivity (Wildman–Crippen MR) is 158 cm³/mol. The summed E-state index contributed by atoms with van der Waals surface area (Å²) < 4.78 is 0.428. The first kappa shape index (κ1) is 26.5. The van der Waals surface area contributed by atoms with Crippen molar-refractivity contribution in [3.05, 3.63) is 124 Å². The third-order valence-corrected chi connectivity index (χ3v) is 8.95. The van der Waals surface area contributed by atoms with Crippen molar-refractivity contribution in [1.29, 1.82) is 0 Å². The maximum atomic E-state index is 13.6. The number of H-pyrrole nitrogens is 1. The van der Waals surface area contributed by atoms with E-state index in [1.54, 1.807) is 24.3 Å². The zero-order valence-corrected chi connectivity index (χ0v) is 23.2. The van der Waals surface area contributed by atoms with E-state index in [2.05, 4.69) is 26.2 Å². The number of benzene rings is 1. The monoisotopic (exact) mass is 616 g/mol. The molecule has 6 rings (SSSR count). The number of phenolic OH excluding ortho intramolecular Hbond substituents is 1. The molecule has 4 aliphatic carbocycles. The van der Waals surface area contributed by atoms with E-state index in [-0.39, 0.29) is 29.5 Å². The van der Waals surface area contributed by atoms with Crippen LogP contribution in [0, 0.1) is 10.4 Å². The molecule has 1 heterocycles. The lowest BCUT2D eigenvalue weighted by atomic mass is 9.78. The Morgan fingerprint density at radius 2 is 1.59 bits per heavy atom. The number of nitrogens with one attached hydrogen (secondary N) is 2. The largest absolute Gasteiger partial charge is 0.510 e. The average Bonchev–Trinajstić information content (AvgIpc) is 3.45. The summed E-state index contributed by atoms with van der Waals surface area (Å²) in [6.07, 6.45) is 7.09. The number of phenols is 1. The Kier molecular flexibility index (Phi) is 5.72. The first-order chi connectivity index (χ1) is 19.5. The standard InChI is InChI=1S/C30H21BrN2O8/c1-3-4-5-6-11-9-13-16(29(41)33-11)26(38)21-12(22(13)31)7-8-30(21)27(39)19-20(28(30)40)25(37)18-17(24(19)36)15(34)10-14(32-2)23(18)35/h3-6,9-10,32,38-40H,7-8H2,1-2H3,(H,33,41)/b4-3+,6-5+/t30-/m0/s1. The van der Waals surface area contributed by atoms with Gasteiger partial charge in [0.1, 0.15) is 22.7 Å². The minimum atomic E-state index is -1.96. The molecular formula is C30H21BrN2O8. The van der Waals surface area contributed by atoms with E-state index in [0.717, 1.165) is 6.07 Å². The van der Waals surface area contributed by atoms with Gasteiger partial charge in [0.05, 0.1) is 31.9 Å². The number of anilines is 1. The summed E-state index contributed by atoms with van der Waals surface area (Å²) in [6.45, 7) is 1.84. The maximum Gasteiger partial charge on any atom is 0.260 e. The van der Waals surface area contributed by atoms with Crippen LogP contribution in [-0.4, -0.2) is 27.4 Å². The van der Waals surface area contributed by atoms with E-state index in [1.807, 2.05) is 13.0 Å². The summed E-state index contributed by atoms with van der Waals surface area (Å²) in [5.41, 5.74) is -5.88. The van der Waals surface area contributed by atoms with Crippen LogP contribution in [0.4, 0.5) is 5.69 Å². The predicted octanol–water partition coefficient (Wildman–Crippen LogP) is 0.899. The maximum absolute atomic E-state index is 13.6. The van der Waals surface area contributed by atoms with Crippen LogP contribution in [-0.2, 0) is 11.8 Å². The number of halogens is 1. The van der Waals surface area contributed by atoms with E-state index in [0.29, 0.717) is 21.1 Å². The van der Waals surface area contributed by atoms with Crippen molar-refractivity contribution in [3.63, 3.8) is 0 Å². The van der Waals surface area contributed by atoms with E-state index in [1.165, 1.54) is 7.05 Å². The highest BCUT2D eigenvalue weighted by Gasteiger charge is 2.53. The van der Waals surface area contributed by atoms with Crippen LogP contribution in [0.5, 0.6) is 5.75 Å². The van der Waals surface area contributed by atoms with Gasteiger partial charge in [-0.05, 0) is 53.4 Å². The van der Waals surface area contributed by atoms with Gasteiger partial charge in [0.15, 0.2) is 5.43 Å². The lowest BCUT2D eigenvalue weighted by Crippen LogP contribution is -2.52. The number of aromatic nitrogens is 1. The summed E-state index contributed by atoms with van der Waals surface area (Å²) >= 11 is 3.53. The van der Waals surface area contributed by atoms with Gasteiger partial charge in [-0.3, -0.25) is 24.0 Å². The van der Waals surface area contributed by atoms with Crippen LogP contribution >= 0.6 is 15.9 Å². The van der Waals surface area contributed by atoms with Crippen molar-refractivity contribution < 1.29 is 15.3 Å². The number of rotatable bonds is 3. The Morgan fingerprint density at radius 1 is 0.927 bits per heavy atom. The molecule has 5 N–H and O–H groups in total. The Bertz CT molecular complexity index is 2420. The van der Waals surface area contributed by atoms with Gasteiger partial charge in [-0.15, -0.1) is 0 Å². The molecule has 4 aliphatic rings. The normalized spacial score (nSPS) is 18.0. The molecule has 0 fully saturated rings. The highest BCUT2D eigenvalue weighted by molar-refractivity contribution is 9.10. The van der Waals surface area contributed by atoms with Crippen molar-refractivity contribution in [2.45, 2.75) is 25.2 Å². The topological polar surface area (TPSA) is 174 Å². The Morgan fingerprint density at radius 3 is 2.22 bits per heavy atom. The van der Waals surface area contributed by atoms with Crippen LogP contribution in [0.15, 0.2) is 58.8 Å². The average molecular weight is 617 g/mol. The van der Waals surface area contributed by atoms with Crippen LogP contribution in [0.3, 0.4) is 0 Å². The molecule has 0 saturated carbocycles. The Hall–Kier alpha value is -4.77. The van der Waals surface area contributed by atoms with Crippen LogP contribution < -0.4 is 43.0 Å². The number of allylic oxidation sites excluding steroid dienone is 3. The van der Waals surface area contributed by atoms with Gasteiger partial charge in [0, 0.05) is 34.2 Å². The van der Waals surface area contributed by atoms with E-state index >= 15 is 0 Å². The first-order valence-corrected chi connectivity index (χ1v) is 13.4. The summed E-state index contributed by atoms with van der Waals surface area (Å²) in [5.74, 6) is -2.01.